The zero-order valence-corrected chi connectivity index (χ0v) is 24.3. The van der Waals surface area contributed by atoms with E-state index in [1.807, 2.05) is 12.1 Å². The van der Waals surface area contributed by atoms with Crippen molar-refractivity contribution >= 4 is 29.0 Å². The molecule has 2 rings (SSSR count). The summed E-state index contributed by atoms with van der Waals surface area (Å²) in [4.78, 5) is 34.8. The average Bonchev–Trinajstić information content (AvgIpc) is 2.99. The molecule has 0 aliphatic rings. The SMILES string of the molecule is CCCCCCCCCOC(=O)C(CCCCCCOc1ccc(N=Nc2ccc([N+](=O)[O-])cc2)cc1)C(=O)OC. The molecule has 0 aromatic heterocycles. The minimum Gasteiger partial charge on any atom is -0.494 e. The van der Waals surface area contributed by atoms with Gasteiger partial charge in [-0.15, -0.1) is 0 Å². The van der Waals surface area contributed by atoms with E-state index in [1.165, 1.54) is 44.9 Å². The predicted octanol–water partition coefficient (Wildman–Crippen LogP) is 8.42. The summed E-state index contributed by atoms with van der Waals surface area (Å²) in [6.45, 7) is 3.09. The van der Waals surface area contributed by atoms with E-state index in [0.29, 0.717) is 36.8 Å². The van der Waals surface area contributed by atoms with E-state index < -0.39 is 22.8 Å². The third kappa shape index (κ3) is 13.9. The zero-order chi connectivity index (χ0) is 29.7. The fourth-order valence-electron chi connectivity index (χ4n) is 4.17. The van der Waals surface area contributed by atoms with Crippen LogP contribution in [0.3, 0.4) is 0 Å². The number of non-ortho nitro benzene ring substituents is 1. The number of esters is 2. The molecule has 0 saturated carbocycles. The fourth-order valence-corrected chi connectivity index (χ4v) is 4.17. The lowest BCUT2D eigenvalue weighted by Gasteiger charge is -2.14. The van der Waals surface area contributed by atoms with Crippen molar-refractivity contribution in [3.05, 3.63) is 58.6 Å². The molecular weight excluding hydrogens is 526 g/mol. The number of hydrogen-bond donors (Lipinski definition) is 0. The molecule has 10 nitrogen and oxygen atoms in total. The first-order valence-corrected chi connectivity index (χ1v) is 14.6. The molecule has 0 aliphatic heterocycles. The quantitative estimate of drug-likeness (QED) is 0.0368. The van der Waals surface area contributed by atoms with Crippen LogP contribution in [0.15, 0.2) is 58.8 Å². The Kier molecular flexibility index (Phi) is 16.4. The van der Waals surface area contributed by atoms with Gasteiger partial charge in [0.2, 0.25) is 0 Å². The van der Waals surface area contributed by atoms with Crippen LogP contribution in [0.25, 0.3) is 0 Å². The number of ether oxygens (including phenoxy) is 3. The number of benzene rings is 2. The lowest BCUT2D eigenvalue weighted by atomic mass is 10.0. The number of azo groups is 1. The standard InChI is InChI=1S/C31H43N3O7/c1-3-4-5-6-7-9-13-24-41-31(36)29(30(35)39-2)14-11-8-10-12-23-40-28-21-17-26(18-22-28)33-32-25-15-19-27(20-16-25)34(37)38/h15-22,29H,3-14,23-24H2,1-2H3. The number of methoxy groups -OCH3 is 1. The summed E-state index contributed by atoms with van der Waals surface area (Å²) in [6, 6.07) is 13.0. The van der Waals surface area contributed by atoms with E-state index in [-0.39, 0.29) is 5.69 Å². The molecule has 0 spiro atoms. The minimum absolute atomic E-state index is 0.00453. The Morgan fingerprint density at radius 1 is 0.756 bits per heavy atom. The molecule has 224 valence electrons. The normalized spacial score (nSPS) is 11.8. The van der Waals surface area contributed by atoms with E-state index in [0.717, 1.165) is 44.9 Å². The first-order valence-electron chi connectivity index (χ1n) is 14.6. The summed E-state index contributed by atoms with van der Waals surface area (Å²) < 4.78 is 16.0. The van der Waals surface area contributed by atoms with Gasteiger partial charge in [-0.3, -0.25) is 19.7 Å². The summed E-state index contributed by atoms with van der Waals surface area (Å²) in [5.74, 6) is -1.17. The van der Waals surface area contributed by atoms with Gasteiger partial charge in [0, 0.05) is 12.1 Å². The fraction of sp³-hybridized carbons (Fsp3) is 0.548. The van der Waals surface area contributed by atoms with E-state index in [4.69, 9.17) is 14.2 Å². The molecule has 0 aliphatic carbocycles. The van der Waals surface area contributed by atoms with Gasteiger partial charge >= 0.3 is 11.9 Å². The van der Waals surface area contributed by atoms with E-state index >= 15 is 0 Å². The van der Waals surface area contributed by atoms with E-state index in [9.17, 15) is 19.7 Å². The average molecular weight is 570 g/mol. The Morgan fingerprint density at radius 2 is 1.29 bits per heavy atom. The maximum atomic E-state index is 12.4. The highest BCUT2D eigenvalue weighted by Crippen LogP contribution is 2.23. The highest BCUT2D eigenvalue weighted by molar-refractivity contribution is 5.94. The highest BCUT2D eigenvalue weighted by Gasteiger charge is 2.28. The summed E-state index contributed by atoms with van der Waals surface area (Å²) in [6.07, 6.45) is 11.7. The van der Waals surface area contributed by atoms with Crippen molar-refractivity contribution in [2.45, 2.75) is 84.0 Å². The molecule has 0 saturated heterocycles. The second-order valence-corrected chi connectivity index (χ2v) is 9.88. The second-order valence-electron chi connectivity index (χ2n) is 9.88. The predicted molar refractivity (Wildman–Crippen MR) is 157 cm³/mol. The molecule has 1 unspecified atom stereocenters. The third-order valence-corrected chi connectivity index (χ3v) is 6.60. The van der Waals surface area contributed by atoms with Crippen LogP contribution in [0, 0.1) is 16.0 Å². The van der Waals surface area contributed by atoms with Crippen molar-refractivity contribution < 1.29 is 28.7 Å². The molecule has 0 bridgehead atoms. The van der Waals surface area contributed by atoms with Gasteiger partial charge in [-0.25, -0.2) is 0 Å². The number of carbonyl (C=O) groups is 2. The maximum absolute atomic E-state index is 12.4. The summed E-state index contributed by atoms with van der Waals surface area (Å²) in [5, 5.41) is 18.9. The maximum Gasteiger partial charge on any atom is 0.320 e. The number of nitro groups is 1. The Morgan fingerprint density at radius 3 is 1.88 bits per heavy atom. The monoisotopic (exact) mass is 569 g/mol. The summed E-state index contributed by atoms with van der Waals surface area (Å²) >= 11 is 0. The van der Waals surface area contributed by atoms with Gasteiger partial charge in [0.25, 0.3) is 5.69 Å². The minimum atomic E-state index is -0.864. The lowest BCUT2D eigenvalue weighted by molar-refractivity contribution is -0.384. The lowest BCUT2D eigenvalue weighted by Crippen LogP contribution is -2.27. The number of rotatable bonds is 21. The molecule has 0 radical (unpaired) electrons. The third-order valence-electron chi connectivity index (χ3n) is 6.60. The van der Waals surface area contributed by atoms with Crippen LogP contribution in [0.2, 0.25) is 0 Å². The first-order chi connectivity index (χ1) is 19.9. The Hall–Kier alpha value is -3.82. The Labute approximate surface area is 242 Å². The van der Waals surface area contributed by atoms with Crippen molar-refractivity contribution in [2.75, 3.05) is 20.3 Å². The number of nitrogens with zero attached hydrogens (tertiary/aromatic N) is 3. The molecular formula is C31H43N3O7. The molecule has 41 heavy (non-hydrogen) atoms. The van der Waals surface area contributed by atoms with Gasteiger partial charge in [-0.1, -0.05) is 64.7 Å². The van der Waals surface area contributed by atoms with Crippen molar-refractivity contribution in [2.24, 2.45) is 16.1 Å². The van der Waals surface area contributed by atoms with Crippen LogP contribution in [0.1, 0.15) is 84.0 Å². The molecule has 0 amide bonds. The van der Waals surface area contributed by atoms with Crippen LogP contribution in [-0.2, 0) is 19.1 Å². The number of nitro benzene ring substituents is 1. The Bertz CT molecular complexity index is 1070. The van der Waals surface area contributed by atoms with Crippen LogP contribution in [-0.4, -0.2) is 37.2 Å². The van der Waals surface area contributed by atoms with Crippen LogP contribution >= 0.6 is 0 Å². The van der Waals surface area contributed by atoms with Crippen LogP contribution < -0.4 is 4.74 Å². The molecule has 2 aromatic rings. The Balaban J connectivity index is 1.60. The van der Waals surface area contributed by atoms with E-state index in [2.05, 4.69) is 17.2 Å². The van der Waals surface area contributed by atoms with Crippen molar-refractivity contribution in [3.63, 3.8) is 0 Å². The number of hydrogen-bond acceptors (Lipinski definition) is 9. The molecule has 2 aromatic carbocycles. The summed E-state index contributed by atoms with van der Waals surface area (Å²) in [7, 11) is 1.30. The van der Waals surface area contributed by atoms with Crippen LogP contribution in [0.4, 0.5) is 17.1 Å². The smallest absolute Gasteiger partial charge is 0.320 e. The van der Waals surface area contributed by atoms with Crippen LogP contribution in [0.5, 0.6) is 5.75 Å². The summed E-state index contributed by atoms with van der Waals surface area (Å²) in [5.41, 5.74) is 1.16. The van der Waals surface area contributed by atoms with Gasteiger partial charge < -0.3 is 14.2 Å². The second kappa shape index (κ2) is 20.1. The molecule has 0 N–H and O–H groups in total. The van der Waals surface area contributed by atoms with Crippen molar-refractivity contribution in [3.8, 4) is 5.75 Å². The topological polar surface area (TPSA) is 130 Å². The van der Waals surface area contributed by atoms with Crippen molar-refractivity contribution in [1.82, 2.24) is 0 Å². The number of unbranched alkanes of at least 4 members (excludes halogenated alkanes) is 9. The van der Waals surface area contributed by atoms with Gasteiger partial charge in [0.1, 0.15) is 5.75 Å². The van der Waals surface area contributed by atoms with Gasteiger partial charge in [-0.05, 0) is 55.7 Å². The van der Waals surface area contributed by atoms with Gasteiger partial charge in [0.15, 0.2) is 5.92 Å². The molecule has 10 heteroatoms. The molecule has 0 fully saturated rings. The molecule has 0 heterocycles. The van der Waals surface area contributed by atoms with Gasteiger partial charge in [0.05, 0.1) is 36.6 Å². The highest BCUT2D eigenvalue weighted by atomic mass is 16.6. The first kappa shape index (κ1) is 33.4. The number of carbonyl (C=O) groups excluding carboxylic acids is 2. The van der Waals surface area contributed by atoms with Gasteiger partial charge in [-0.2, -0.15) is 10.2 Å². The van der Waals surface area contributed by atoms with E-state index in [1.54, 1.807) is 24.3 Å². The largest absolute Gasteiger partial charge is 0.494 e. The van der Waals surface area contributed by atoms with Crippen molar-refractivity contribution in [1.29, 1.82) is 0 Å². The molecule has 1 atom stereocenters. The zero-order valence-electron chi connectivity index (χ0n) is 24.3.